The molecule has 0 atom stereocenters. The molecular weight excluding hydrogens is 581 g/mol. The Balaban J connectivity index is 1.21. The van der Waals surface area contributed by atoms with E-state index < -0.39 is 0 Å². The Labute approximate surface area is 283 Å². The molecule has 0 aliphatic rings. The molecule has 1 heterocycles. The molecule has 0 saturated carbocycles. The van der Waals surface area contributed by atoms with E-state index in [0.717, 1.165) is 29.9 Å². The number of para-hydroxylation sites is 3. The maximum atomic E-state index is 2.38. The van der Waals surface area contributed by atoms with Crippen molar-refractivity contribution >= 4 is 38.9 Å². The molecule has 0 N–H and O–H groups in total. The Morgan fingerprint density at radius 1 is 0.417 bits per heavy atom. The number of rotatable bonds is 8. The van der Waals surface area contributed by atoms with Crippen LogP contribution in [0.2, 0.25) is 0 Å². The van der Waals surface area contributed by atoms with Crippen molar-refractivity contribution < 1.29 is 0 Å². The lowest BCUT2D eigenvalue weighted by molar-refractivity contribution is 1.12. The van der Waals surface area contributed by atoms with E-state index in [2.05, 4.69) is 193 Å². The van der Waals surface area contributed by atoms with Crippen LogP contribution >= 0.6 is 0 Å². The lowest BCUT2D eigenvalue weighted by Crippen LogP contribution is -2.09. The molecule has 8 aromatic rings. The summed E-state index contributed by atoms with van der Waals surface area (Å²) in [5.41, 5.74) is 14.9. The molecule has 0 radical (unpaired) electrons. The highest BCUT2D eigenvalue weighted by Crippen LogP contribution is 2.40. The number of hydrogen-bond donors (Lipinski definition) is 0. The maximum Gasteiger partial charge on any atom is 0.0542 e. The Bertz CT molecular complexity index is 2350. The molecule has 232 valence electrons. The van der Waals surface area contributed by atoms with Crippen LogP contribution < -0.4 is 4.90 Å². The van der Waals surface area contributed by atoms with E-state index in [1.807, 2.05) is 0 Å². The summed E-state index contributed by atoms with van der Waals surface area (Å²) in [6, 6.07) is 61.7. The van der Waals surface area contributed by atoms with Crippen LogP contribution in [0.5, 0.6) is 0 Å². The quantitative estimate of drug-likeness (QED) is 0.164. The van der Waals surface area contributed by atoms with E-state index in [4.69, 9.17) is 0 Å². The van der Waals surface area contributed by atoms with Gasteiger partial charge in [-0.1, -0.05) is 123 Å². The van der Waals surface area contributed by atoms with Crippen molar-refractivity contribution in [1.82, 2.24) is 4.57 Å². The van der Waals surface area contributed by atoms with Crippen molar-refractivity contribution in [2.24, 2.45) is 0 Å². The maximum absolute atomic E-state index is 2.38. The Morgan fingerprint density at radius 3 is 1.77 bits per heavy atom. The van der Waals surface area contributed by atoms with Gasteiger partial charge in [0.05, 0.1) is 11.0 Å². The lowest BCUT2D eigenvalue weighted by Gasteiger charge is -2.26. The molecule has 2 heteroatoms. The normalized spacial score (nSPS) is 11.3. The van der Waals surface area contributed by atoms with Gasteiger partial charge < -0.3 is 9.47 Å². The van der Waals surface area contributed by atoms with Gasteiger partial charge in [-0.25, -0.2) is 0 Å². The first-order valence-electron chi connectivity index (χ1n) is 17.0. The number of nitrogens with zero attached hydrogens (tertiary/aromatic N) is 2. The molecule has 0 spiro atoms. The second-order valence-corrected chi connectivity index (χ2v) is 12.3. The smallest absolute Gasteiger partial charge is 0.0542 e. The standard InChI is InChI=1S/C46H38N2/c1-3-33-15-11-12-20-41(33)42-29-25-36(31-34(42)4-2)35-23-26-39(27-24-35)47(37-16-7-5-8-17-37)40-28-30-46-44(32-40)43-21-13-14-22-45(43)48(46)38-18-9-6-10-19-38/h5-32H,3-4H2,1-2H3. The highest BCUT2D eigenvalue weighted by molar-refractivity contribution is 6.10. The number of fused-ring (bicyclic) bond motifs is 3. The molecule has 0 amide bonds. The fourth-order valence-corrected chi connectivity index (χ4v) is 7.20. The summed E-state index contributed by atoms with van der Waals surface area (Å²) in [6.45, 7) is 4.49. The predicted molar refractivity (Wildman–Crippen MR) is 205 cm³/mol. The zero-order valence-corrected chi connectivity index (χ0v) is 27.5. The molecule has 0 aliphatic carbocycles. The van der Waals surface area contributed by atoms with Crippen molar-refractivity contribution in [3.8, 4) is 27.9 Å². The van der Waals surface area contributed by atoms with Crippen LogP contribution in [0.4, 0.5) is 17.1 Å². The average molecular weight is 619 g/mol. The first-order valence-corrected chi connectivity index (χ1v) is 17.0. The van der Waals surface area contributed by atoms with E-state index in [-0.39, 0.29) is 0 Å². The summed E-state index contributed by atoms with van der Waals surface area (Å²) >= 11 is 0. The van der Waals surface area contributed by atoms with Gasteiger partial charge in [-0.2, -0.15) is 0 Å². The van der Waals surface area contributed by atoms with Crippen molar-refractivity contribution in [1.29, 1.82) is 0 Å². The van der Waals surface area contributed by atoms with Crippen LogP contribution in [0.1, 0.15) is 25.0 Å². The van der Waals surface area contributed by atoms with E-state index in [1.54, 1.807) is 0 Å². The van der Waals surface area contributed by atoms with Gasteiger partial charge in [-0.3, -0.25) is 0 Å². The van der Waals surface area contributed by atoms with Crippen molar-refractivity contribution in [2.45, 2.75) is 26.7 Å². The van der Waals surface area contributed by atoms with Crippen LogP contribution in [-0.2, 0) is 12.8 Å². The number of hydrogen-bond acceptors (Lipinski definition) is 1. The number of anilines is 3. The molecule has 2 nitrogen and oxygen atoms in total. The van der Waals surface area contributed by atoms with E-state index in [9.17, 15) is 0 Å². The number of benzene rings is 7. The third-order valence-electron chi connectivity index (χ3n) is 9.58. The van der Waals surface area contributed by atoms with Crippen molar-refractivity contribution in [2.75, 3.05) is 4.90 Å². The fraction of sp³-hybridized carbons (Fsp3) is 0.0870. The molecule has 48 heavy (non-hydrogen) atoms. The number of aromatic nitrogens is 1. The summed E-state index contributed by atoms with van der Waals surface area (Å²) in [5.74, 6) is 0. The summed E-state index contributed by atoms with van der Waals surface area (Å²) in [7, 11) is 0. The minimum Gasteiger partial charge on any atom is -0.310 e. The SMILES string of the molecule is CCc1ccccc1-c1ccc(-c2ccc(N(c3ccccc3)c3ccc4c(c3)c3ccccc3n4-c3ccccc3)cc2)cc1CC. The van der Waals surface area contributed by atoms with Crippen LogP contribution in [0.3, 0.4) is 0 Å². The van der Waals surface area contributed by atoms with Gasteiger partial charge in [-0.05, 0) is 107 Å². The second-order valence-electron chi connectivity index (χ2n) is 12.3. The Kier molecular flexibility index (Phi) is 7.84. The van der Waals surface area contributed by atoms with Crippen LogP contribution in [0.25, 0.3) is 49.7 Å². The van der Waals surface area contributed by atoms with Gasteiger partial charge >= 0.3 is 0 Å². The third kappa shape index (κ3) is 5.26. The zero-order valence-electron chi connectivity index (χ0n) is 27.5. The Morgan fingerprint density at radius 2 is 1.00 bits per heavy atom. The first-order chi connectivity index (χ1) is 23.7. The zero-order chi connectivity index (χ0) is 32.5. The minimum absolute atomic E-state index is 0.990. The molecule has 1 aromatic heterocycles. The molecule has 7 aromatic carbocycles. The molecule has 0 aliphatic heterocycles. The van der Waals surface area contributed by atoms with Gasteiger partial charge in [0.15, 0.2) is 0 Å². The molecule has 8 rings (SSSR count). The topological polar surface area (TPSA) is 8.17 Å². The summed E-state index contributed by atoms with van der Waals surface area (Å²) < 4.78 is 2.37. The lowest BCUT2D eigenvalue weighted by atomic mass is 9.90. The average Bonchev–Trinajstić information content (AvgIpc) is 3.49. The van der Waals surface area contributed by atoms with E-state index in [0.29, 0.717) is 0 Å². The molecule has 0 unspecified atom stereocenters. The first kappa shape index (κ1) is 29.5. The molecule has 0 saturated heterocycles. The highest BCUT2D eigenvalue weighted by Gasteiger charge is 2.17. The summed E-state index contributed by atoms with van der Waals surface area (Å²) in [4.78, 5) is 2.36. The minimum atomic E-state index is 0.990. The fourth-order valence-electron chi connectivity index (χ4n) is 7.20. The summed E-state index contributed by atoms with van der Waals surface area (Å²) in [5, 5.41) is 2.49. The monoisotopic (exact) mass is 618 g/mol. The highest BCUT2D eigenvalue weighted by atomic mass is 15.1. The second kappa shape index (κ2) is 12.7. The number of aryl methyl sites for hydroxylation is 2. The van der Waals surface area contributed by atoms with Gasteiger partial charge in [0, 0.05) is 33.5 Å². The van der Waals surface area contributed by atoms with Gasteiger partial charge in [0.25, 0.3) is 0 Å². The largest absolute Gasteiger partial charge is 0.310 e. The Hall–Kier alpha value is -5.86. The van der Waals surface area contributed by atoms with Gasteiger partial charge in [0.1, 0.15) is 0 Å². The predicted octanol–water partition coefficient (Wildman–Crippen LogP) is 12.7. The summed E-state index contributed by atoms with van der Waals surface area (Å²) in [6.07, 6.45) is 2.02. The van der Waals surface area contributed by atoms with Gasteiger partial charge in [0.2, 0.25) is 0 Å². The molecule has 0 fully saturated rings. The molecular formula is C46H38N2. The van der Waals surface area contributed by atoms with E-state index in [1.165, 1.54) is 60.9 Å². The third-order valence-corrected chi connectivity index (χ3v) is 9.58. The van der Waals surface area contributed by atoms with Crippen molar-refractivity contribution in [3.63, 3.8) is 0 Å². The van der Waals surface area contributed by atoms with Crippen LogP contribution in [-0.4, -0.2) is 4.57 Å². The van der Waals surface area contributed by atoms with E-state index >= 15 is 0 Å². The van der Waals surface area contributed by atoms with Crippen molar-refractivity contribution in [3.05, 3.63) is 181 Å². The van der Waals surface area contributed by atoms with Gasteiger partial charge in [-0.15, -0.1) is 0 Å². The van der Waals surface area contributed by atoms with Crippen LogP contribution in [0.15, 0.2) is 170 Å². The molecule has 0 bridgehead atoms. The van der Waals surface area contributed by atoms with Crippen LogP contribution in [0, 0.1) is 0 Å².